The maximum absolute atomic E-state index is 12.3. The van der Waals surface area contributed by atoms with E-state index < -0.39 is 10.0 Å². The number of nitrogens with one attached hydrogen (secondary N) is 1. The number of benzene rings is 1. The number of aryl methyl sites for hydroxylation is 1. The number of nitrogens with two attached hydrogens (primary N) is 1. The number of aromatic nitrogens is 2. The van der Waals surface area contributed by atoms with Crippen molar-refractivity contribution in [2.24, 2.45) is 0 Å². The minimum absolute atomic E-state index is 0.00847. The molecule has 0 aliphatic heterocycles. The van der Waals surface area contributed by atoms with Gasteiger partial charge in [-0.3, -0.25) is 4.72 Å². The molecule has 0 saturated carbocycles. The molecule has 0 amide bonds. The number of hydrogen-bond donors (Lipinski definition) is 2. The molecule has 0 unspecified atom stereocenters. The van der Waals surface area contributed by atoms with E-state index in [4.69, 9.17) is 28.9 Å². The number of nitrogens with zero attached hydrogens (tertiary/aromatic N) is 2. The Labute approximate surface area is 126 Å². The van der Waals surface area contributed by atoms with Gasteiger partial charge in [0.05, 0.1) is 5.69 Å². The van der Waals surface area contributed by atoms with E-state index in [1.54, 1.807) is 19.1 Å². The average Bonchev–Trinajstić information content (AvgIpc) is 2.25. The first-order chi connectivity index (χ1) is 9.29. The molecule has 6 nitrogen and oxygen atoms in total. The van der Waals surface area contributed by atoms with Crippen LogP contribution >= 0.6 is 23.2 Å². The molecule has 1 aromatic heterocycles. The first-order valence-electron chi connectivity index (χ1n) is 5.37. The van der Waals surface area contributed by atoms with Gasteiger partial charge in [0.25, 0.3) is 10.0 Å². The Hall–Kier alpha value is -1.57. The van der Waals surface area contributed by atoms with E-state index in [1.807, 2.05) is 0 Å². The highest BCUT2D eigenvalue weighted by Crippen LogP contribution is 2.25. The van der Waals surface area contributed by atoms with Crippen LogP contribution in [0.4, 0.5) is 11.5 Å². The first kappa shape index (κ1) is 14.8. The van der Waals surface area contributed by atoms with Crippen LogP contribution in [0.3, 0.4) is 0 Å². The normalized spacial score (nSPS) is 11.3. The van der Waals surface area contributed by atoms with E-state index >= 15 is 0 Å². The Morgan fingerprint density at radius 2 is 1.95 bits per heavy atom. The van der Waals surface area contributed by atoms with Gasteiger partial charge in [-0.05, 0) is 30.2 Å². The second-order valence-corrected chi connectivity index (χ2v) is 6.29. The van der Waals surface area contributed by atoms with Crippen molar-refractivity contribution in [2.75, 3.05) is 10.5 Å². The van der Waals surface area contributed by atoms with Gasteiger partial charge < -0.3 is 5.73 Å². The zero-order chi connectivity index (χ0) is 14.9. The molecule has 0 fully saturated rings. The van der Waals surface area contributed by atoms with Crippen LogP contribution < -0.4 is 10.5 Å². The van der Waals surface area contributed by atoms with Gasteiger partial charge >= 0.3 is 0 Å². The fourth-order valence-electron chi connectivity index (χ4n) is 1.67. The second kappa shape index (κ2) is 5.43. The summed E-state index contributed by atoms with van der Waals surface area (Å²) in [5.74, 6) is -0.0300. The molecule has 1 heterocycles. The number of anilines is 2. The topological polar surface area (TPSA) is 98.0 Å². The Kier molecular flexibility index (Phi) is 4.03. The predicted molar refractivity (Wildman–Crippen MR) is 78.5 cm³/mol. The maximum Gasteiger partial charge on any atom is 0.265 e. The molecule has 0 aliphatic rings. The van der Waals surface area contributed by atoms with Crippen LogP contribution in [0.5, 0.6) is 0 Å². The molecule has 0 atom stereocenters. The van der Waals surface area contributed by atoms with Crippen molar-refractivity contribution in [3.8, 4) is 0 Å². The van der Waals surface area contributed by atoms with E-state index in [-0.39, 0.29) is 26.8 Å². The molecule has 2 aromatic rings. The number of rotatable bonds is 3. The molecule has 0 radical (unpaired) electrons. The van der Waals surface area contributed by atoms with Crippen molar-refractivity contribution >= 4 is 44.7 Å². The minimum Gasteiger partial charge on any atom is -0.398 e. The van der Waals surface area contributed by atoms with Gasteiger partial charge in [0.15, 0.2) is 0 Å². The summed E-state index contributed by atoms with van der Waals surface area (Å²) < 4.78 is 26.9. The Balaban J connectivity index is 2.46. The van der Waals surface area contributed by atoms with E-state index in [0.29, 0.717) is 5.56 Å². The molecule has 106 valence electrons. The predicted octanol–water partition coefficient (Wildman–Crippen LogP) is 2.47. The lowest BCUT2D eigenvalue weighted by Gasteiger charge is -2.12. The van der Waals surface area contributed by atoms with Crippen molar-refractivity contribution in [1.82, 2.24) is 9.97 Å². The lowest BCUT2D eigenvalue weighted by Crippen LogP contribution is -2.17. The summed E-state index contributed by atoms with van der Waals surface area (Å²) >= 11 is 11.3. The maximum atomic E-state index is 12.3. The third kappa shape index (κ3) is 3.12. The molecular formula is C11H10Cl2N4O2S. The highest BCUT2D eigenvalue weighted by molar-refractivity contribution is 7.93. The molecule has 9 heteroatoms. The second-order valence-electron chi connectivity index (χ2n) is 3.94. The number of sulfonamides is 1. The molecule has 0 bridgehead atoms. The molecule has 0 saturated heterocycles. The summed E-state index contributed by atoms with van der Waals surface area (Å²) in [4.78, 5) is 7.37. The van der Waals surface area contributed by atoms with Gasteiger partial charge in [-0.15, -0.1) is 0 Å². The number of halogens is 2. The van der Waals surface area contributed by atoms with Crippen molar-refractivity contribution < 1.29 is 8.42 Å². The SMILES string of the molecule is Cc1cccc(N)c1S(=O)(=O)Nc1cc(Cl)nc(Cl)n1. The van der Waals surface area contributed by atoms with Crippen LogP contribution in [0.25, 0.3) is 0 Å². The van der Waals surface area contributed by atoms with Crippen LogP contribution in [0.15, 0.2) is 29.2 Å². The van der Waals surface area contributed by atoms with Gasteiger partial charge in [-0.1, -0.05) is 23.7 Å². The van der Waals surface area contributed by atoms with Gasteiger partial charge in [-0.2, -0.15) is 4.98 Å². The van der Waals surface area contributed by atoms with E-state index in [9.17, 15) is 8.42 Å². The summed E-state index contributed by atoms with van der Waals surface area (Å²) in [7, 11) is -3.89. The monoisotopic (exact) mass is 332 g/mol. The minimum atomic E-state index is -3.89. The fourth-order valence-corrected chi connectivity index (χ4v) is 3.43. The van der Waals surface area contributed by atoms with Gasteiger partial charge in [0.2, 0.25) is 5.28 Å². The molecule has 3 N–H and O–H groups in total. The quantitative estimate of drug-likeness (QED) is 0.511. The lowest BCUT2D eigenvalue weighted by atomic mass is 10.2. The summed E-state index contributed by atoms with van der Waals surface area (Å²) in [5, 5.41) is -0.131. The summed E-state index contributed by atoms with van der Waals surface area (Å²) in [6.45, 7) is 1.64. The van der Waals surface area contributed by atoms with Gasteiger partial charge in [-0.25, -0.2) is 13.4 Å². The molecule has 0 spiro atoms. The highest BCUT2D eigenvalue weighted by Gasteiger charge is 2.21. The van der Waals surface area contributed by atoms with Crippen LogP contribution in [0, 0.1) is 6.92 Å². The number of hydrogen-bond acceptors (Lipinski definition) is 5. The first-order valence-corrected chi connectivity index (χ1v) is 7.61. The third-order valence-corrected chi connectivity index (χ3v) is 4.35. The van der Waals surface area contributed by atoms with Gasteiger partial charge in [0.1, 0.15) is 15.9 Å². The molecular weight excluding hydrogens is 323 g/mol. The summed E-state index contributed by atoms with van der Waals surface area (Å²) in [6, 6.07) is 6.06. The van der Waals surface area contributed by atoms with Crippen LogP contribution in [0.1, 0.15) is 5.56 Å². The highest BCUT2D eigenvalue weighted by atomic mass is 35.5. The van der Waals surface area contributed by atoms with Crippen LogP contribution in [-0.2, 0) is 10.0 Å². The number of nitrogen functional groups attached to an aromatic ring is 1. The summed E-state index contributed by atoms with van der Waals surface area (Å²) in [5.41, 5.74) is 6.38. The van der Waals surface area contributed by atoms with E-state index in [1.165, 1.54) is 12.1 Å². The Bertz CT molecular complexity index is 725. The largest absolute Gasteiger partial charge is 0.398 e. The average molecular weight is 333 g/mol. The third-order valence-electron chi connectivity index (χ3n) is 2.42. The smallest absolute Gasteiger partial charge is 0.265 e. The Morgan fingerprint density at radius 1 is 1.25 bits per heavy atom. The lowest BCUT2D eigenvalue weighted by molar-refractivity contribution is 0.601. The standard InChI is InChI=1S/C11H10Cl2N4O2S/c1-6-3-2-4-7(14)10(6)20(18,19)17-9-5-8(12)15-11(13)16-9/h2-5H,14H2,1H3,(H,15,16,17). The van der Waals surface area contributed by atoms with Crippen LogP contribution in [-0.4, -0.2) is 18.4 Å². The fraction of sp³-hybridized carbons (Fsp3) is 0.0909. The van der Waals surface area contributed by atoms with Crippen molar-refractivity contribution in [3.05, 3.63) is 40.3 Å². The summed E-state index contributed by atoms with van der Waals surface area (Å²) in [6.07, 6.45) is 0. The van der Waals surface area contributed by atoms with Crippen molar-refractivity contribution in [1.29, 1.82) is 0 Å². The van der Waals surface area contributed by atoms with E-state index in [2.05, 4.69) is 14.7 Å². The molecule has 20 heavy (non-hydrogen) atoms. The van der Waals surface area contributed by atoms with Crippen LogP contribution in [0.2, 0.25) is 10.4 Å². The van der Waals surface area contributed by atoms with E-state index in [0.717, 1.165) is 0 Å². The molecule has 1 aromatic carbocycles. The molecule has 2 rings (SSSR count). The zero-order valence-electron chi connectivity index (χ0n) is 10.3. The van der Waals surface area contributed by atoms with Crippen molar-refractivity contribution in [3.63, 3.8) is 0 Å². The Morgan fingerprint density at radius 3 is 2.55 bits per heavy atom. The molecule has 0 aliphatic carbocycles. The van der Waals surface area contributed by atoms with Crippen molar-refractivity contribution in [2.45, 2.75) is 11.8 Å². The van der Waals surface area contributed by atoms with Gasteiger partial charge in [0, 0.05) is 6.07 Å². The zero-order valence-corrected chi connectivity index (χ0v) is 12.6.